The first-order valence-electron chi connectivity index (χ1n) is 12.2. The van der Waals surface area contributed by atoms with Gasteiger partial charge in [-0.3, -0.25) is 9.59 Å². The Kier molecular flexibility index (Phi) is 6.34. The lowest BCUT2D eigenvalue weighted by Gasteiger charge is -2.12. The van der Waals surface area contributed by atoms with Crippen LogP contribution < -0.4 is 5.32 Å². The van der Waals surface area contributed by atoms with Crippen molar-refractivity contribution in [3.63, 3.8) is 0 Å². The fourth-order valence-corrected chi connectivity index (χ4v) is 5.59. The normalized spacial score (nSPS) is 10.8. The van der Waals surface area contributed by atoms with Gasteiger partial charge in [0.15, 0.2) is 0 Å². The number of fused-ring (bicyclic) bond motifs is 1. The van der Waals surface area contributed by atoms with Gasteiger partial charge in [0.25, 0.3) is 5.91 Å². The third-order valence-electron chi connectivity index (χ3n) is 6.33. The van der Waals surface area contributed by atoms with Crippen LogP contribution in [0.5, 0.6) is 0 Å². The van der Waals surface area contributed by atoms with Gasteiger partial charge in [0.1, 0.15) is 9.71 Å². The summed E-state index contributed by atoms with van der Waals surface area (Å²) in [6.07, 6.45) is 0. The van der Waals surface area contributed by atoms with Crippen molar-refractivity contribution in [3.05, 3.63) is 143 Å². The Morgan fingerprint density at radius 3 is 1.76 bits per heavy atom. The Bertz CT molecular complexity index is 1750. The number of nitrogens with one attached hydrogen (secondary N) is 1. The number of anilines is 1. The van der Waals surface area contributed by atoms with Crippen LogP contribution in [0, 0.1) is 0 Å². The van der Waals surface area contributed by atoms with Gasteiger partial charge >= 0.3 is 0 Å². The summed E-state index contributed by atoms with van der Waals surface area (Å²) in [5, 5.41) is 3.83. The first-order valence-corrected chi connectivity index (χ1v) is 13.1. The second-order valence-corrected chi connectivity index (χ2v) is 9.79. The zero-order valence-corrected chi connectivity index (χ0v) is 21.1. The molecule has 0 atom stereocenters. The molecule has 0 spiro atoms. The Hall–Kier alpha value is -4.87. The van der Waals surface area contributed by atoms with Gasteiger partial charge in [-0.05, 0) is 29.3 Å². The number of aromatic nitrogens is 1. The number of nitrogens with zero attached hydrogens (tertiary/aromatic N) is 1. The molecular formula is C33H22N2O2S. The maximum atomic E-state index is 13.8. The third-order valence-corrected chi connectivity index (χ3v) is 7.42. The number of amides is 1. The summed E-state index contributed by atoms with van der Waals surface area (Å²) in [6, 6.07) is 40.1. The summed E-state index contributed by atoms with van der Waals surface area (Å²) in [4.78, 5) is 33.3. The zero-order chi connectivity index (χ0) is 25.9. The lowest BCUT2D eigenvalue weighted by atomic mass is 9.98. The highest BCUT2D eigenvalue weighted by atomic mass is 32.1. The molecular weight excluding hydrogens is 488 g/mol. The van der Waals surface area contributed by atoms with E-state index in [2.05, 4.69) is 5.32 Å². The van der Waals surface area contributed by atoms with Crippen LogP contribution in [-0.4, -0.2) is 16.7 Å². The van der Waals surface area contributed by atoms with Gasteiger partial charge in [0, 0.05) is 22.1 Å². The number of hydrogen-bond acceptors (Lipinski definition) is 4. The van der Waals surface area contributed by atoms with E-state index in [4.69, 9.17) is 4.98 Å². The van der Waals surface area contributed by atoms with Gasteiger partial charge in [0.05, 0.1) is 11.4 Å². The van der Waals surface area contributed by atoms with Gasteiger partial charge in [-0.2, -0.15) is 0 Å². The van der Waals surface area contributed by atoms with E-state index < -0.39 is 0 Å². The topological polar surface area (TPSA) is 59.1 Å². The molecule has 0 fully saturated rings. The van der Waals surface area contributed by atoms with Gasteiger partial charge in [0.2, 0.25) is 5.78 Å². The Balaban J connectivity index is 1.62. The number of carbonyl (C=O) groups is 2. The molecule has 5 heteroatoms. The standard InChI is InChI=1S/C33H22N2O2S/c36-30(24-17-9-3-10-18-24)31-29(35-32(37)25-19-11-4-12-20-25)28-26(22-13-5-1-6-14-22)21-27(34-33(28)38-31)23-15-7-2-8-16-23/h1-21H,(H,35,37). The Labute approximate surface area is 224 Å². The SMILES string of the molecule is O=C(Nc1c(C(=O)c2ccccc2)sc2nc(-c3ccccc3)cc(-c3ccccc3)c12)c1ccccc1. The molecule has 0 aliphatic heterocycles. The number of pyridine rings is 1. The summed E-state index contributed by atoms with van der Waals surface area (Å²) in [5.41, 5.74) is 5.21. The highest BCUT2D eigenvalue weighted by molar-refractivity contribution is 7.21. The molecule has 2 aromatic heterocycles. The van der Waals surface area contributed by atoms with Crippen molar-refractivity contribution in [1.82, 2.24) is 4.98 Å². The molecule has 2 heterocycles. The van der Waals surface area contributed by atoms with Crippen molar-refractivity contribution in [3.8, 4) is 22.4 Å². The third kappa shape index (κ3) is 4.51. The molecule has 0 radical (unpaired) electrons. The minimum Gasteiger partial charge on any atom is -0.320 e. The molecule has 0 bridgehead atoms. The summed E-state index contributed by atoms with van der Waals surface area (Å²) in [7, 11) is 0. The molecule has 182 valence electrons. The lowest BCUT2D eigenvalue weighted by molar-refractivity contribution is 0.102. The van der Waals surface area contributed by atoms with Gasteiger partial charge < -0.3 is 5.32 Å². The van der Waals surface area contributed by atoms with E-state index in [0.717, 1.165) is 27.8 Å². The van der Waals surface area contributed by atoms with Crippen molar-refractivity contribution in [1.29, 1.82) is 0 Å². The quantitative estimate of drug-likeness (QED) is 0.230. The van der Waals surface area contributed by atoms with E-state index in [1.807, 2.05) is 103 Å². The van der Waals surface area contributed by atoms with Crippen LogP contribution in [0.15, 0.2) is 127 Å². The largest absolute Gasteiger partial charge is 0.320 e. The zero-order valence-electron chi connectivity index (χ0n) is 20.3. The van der Waals surface area contributed by atoms with Crippen molar-refractivity contribution >= 4 is 38.9 Å². The van der Waals surface area contributed by atoms with Crippen molar-refractivity contribution in [2.75, 3.05) is 5.32 Å². The van der Waals surface area contributed by atoms with Gasteiger partial charge in [-0.15, -0.1) is 11.3 Å². The van der Waals surface area contributed by atoms with Crippen LogP contribution in [0.4, 0.5) is 5.69 Å². The Morgan fingerprint density at radius 1 is 0.632 bits per heavy atom. The summed E-state index contributed by atoms with van der Waals surface area (Å²) < 4.78 is 0. The van der Waals surface area contributed by atoms with Crippen LogP contribution in [0.1, 0.15) is 25.6 Å². The van der Waals surface area contributed by atoms with E-state index in [9.17, 15) is 9.59 Å². The second-order valence-electron chi connectivity index (χ2n) is 8.79. The van der Waals surface area contributed by atoms with Crippen LogP contribution >= 0.6 is 11.3 Å². The second kappa shape index (κ2) is 10.2. The summed E-state index contributed by atoms with van der Waals surface area (Å²) in [5.74, 6) is -0.434. The molecule has 1 amide bonds. The van der Waals surface area contributed by atoms with E-state index in [1.54, 1.807) is 24.3 Å². The highest BCUT2D eigenvalue weighted by Gasteiger charge is 2.25. The van der Waals surface area contributed by atoms with Crippen molar-refractivity contribution in [2.45, 2.75) is 0 Å². The number of hydrogen-bond donors (Lipinski definition) is 1. The number of benzene rings is 4. The maximum absolute atomic E-state index is 13.8. The fraction of sp³-hybridized carbons (Fsp3) is 0. The fourth-order valence-electron chi connectivity index (χ4n) is 4.48. The lowest BCUT2D eigenvalue weighted by Crippen LogP contribution is -2.14. The number of thiophene rings is 1. The smallest absolute Gasteiger partial charge is 0.255 e. The van der Waals surface area contributed by atoms with Crippen LogP contribution in [0.25, 0.3) is 32.6 Å². The van der Waals surface area contributed by atoms with E-state index in [-0.39, 0.29) is 11.7 Å². The predicted octanol–water partition coefficient (Wildman–Crippen LogP) is 8.11. The van der Waals surface area contributed by atoms with Crippen molar-refractivity contribution in [2.24, 2.45) is 0 Å². The maximum Gasteiger partial charge on any atom is 0.255 e. The van der Waals surface area contributed by atoms with E-state index >= 15 is 0 Å². The van der Waals surface area contributed by atoms with Crippen LogP contribution in [-0.2, 0) is 0 Å². The average molecular weight is 511 g/mol. The molecule has 0 aliphatic carbocycles. The predicted molar refractivity (Wildman–Crippen MR) is 155 cm³/mol. The van der Waals surface area contributed by atoms with Gasteiger partial charge in [-0.1, -0.05) is 109 Å². The molecule has 0 unspecified atom stereocenters. The molecule has 6 rings (SSSR count). The first-order chi connectivity index (χ1) is 18.7. The average Bonchev–Trinajstić information content (AvgIpc) is 3.36. The molecule has 38 heavy (non-hydrogen) atoms. The molecule has 0 saturated carbocycles. The molecule has 0 aliphatic rings. The molecule has 1 N–H and O–H groups in total. The minimum absolute atomic E-state index is 0.155. The van der Waals surface area contributed by atoms with Crippen LogP contribution in [0.2, 0.25) is 0 Å². The van der Waals surface area contributed by atoms with E-state index in [0.29, 0.717) is 26.5 Å². The summed E-state index contributed by atoms with van der Waals surface area (Å²) >= 11 is 1.31. The van der Waals surface area contributed by atoms with E-state index in [1.165, 1.54) is 11.3 Å². The number of ketones is 1. The van der Waals surface area contributed by atoms with Gasteiger partial charge in [-0.25, -0.2) is 4.98 Å². The summed E-state index contributed by atoms with van der Waals surface area (Å²) in [6.45, 7) is 0. The molecule has 4 nitrogen and oxygen atoms in total. The minimum atomic E-state index is -0.279. The number of rotatable bonds is 6. The Morgan fingerprint density at radius 2 is 1.16 bits per heavy atom. The first kappa shape index (κ1) is 23.5. The highest BCUT2D eigenvalue weighted by Crippen LogP contribution is 2.43. The molecule has 4 aromatic carbocycles. The number of carbonyl (C=O) groups excluding carboxylic acids is 2. The van der Waals surface area contributed by atoms with Crippen molar-refractivity contribution < 1.29 is 9.59 Å². The monoisotopic (exact) mass is 510 g/mol. The van der Waals surface area contributed by atoms with Crippen LogP contribution in [0.3, 0.4) is 0 Å². The molecule has 6 aromatic rings. The molecule has 0 saturated heterocycles.